The molecule has 1 aromatic carbocycles. The van der Waals surface area contributed by atoms with Crippen LogP contribution in [0.25, 0.3) is 10.8 Å². The fraction of sp³-hybridized carbons (Fsp3) is 0.400. The van der Waals surface area contributed by atoms with E-state index in [4.69, 9.17) is 4.74 Å². The van der Waals surface area contributed by atoms with E-state index in [1.807, 2.05) is 24.3 Å². The Bertz CT molecular complexity index is 635. The predicted molar refractivity (Wildman–Crippen MR) is 75.7 cm³/mol. The highest BCUT2D eigenvalue weighted by Crippen LogP contribution is 2.22. The van der Waals surface area contributed by atoms with Crippen LogP contribution in [-0.4, -0.2) is 23.7 Å². The maximum absolute atomic E-state index is 11.6. The number of hydrogen-bond acceptors (Lipinski definition) is 3. The van der Waals surface area contributed by atoms with E-state index >= 15 is 0 Å². The van der Waals surface area contributed by atoms with Crippen LogP contribution in [0, 0.1) is 0 Å². The van der Waals surface area contributed by atoms with Crippen molar-refractivity contribution >= 4 is 10.8 Å². The van der Waals surface area contributed by atoms with Crippen LogP contribution < -0.4 is 15.6 Å². The number of hydrogen-bond donors (Lipinski definition) is 2. The van der Waals surface area contributed by atoms with Crippen molar-refractivity contribution in [1.82, 2.24) is 10.3 Å². The molecule has 0 radical (unpaired) electrons. The lowest BCUT2D eigenvalue weighted by molar-refractivity contribution is 0.144. The molecule has 2 aromatic rings. The molecule has 100 valence electrons. The second-order valence-electron chi connectivity index (χ2n) is 5.18. The van der Waals surface area contributed by atoms with Crippen molar-refractivity contribution in [1.29, 1.82) is 0 Å². The lowest BCUT2D eigenvalue weighted by atomic mass is 10.0. The first-order valence-corrected chi connectivity index (χ1v) is 6.74. The normalized spacial score (nSPS) is 23.4. The van der Waals surface area contributed by atoms with Gasteiger partial charge in [-0.15, -0.1) is 0 Å². The number of aromatic nitrogens is 1. The summed E-state index contributed by atoms with van der Waals surface area (Å²) in [6, 6.07) is 8.05. The monoisotopic (exact) mass is 258 g/mol. The number of aromatic amines is 1. The summed E-state index contributed by atoms with van der Waals surface area (Å²) in [5.41, 5.74) is -0.0560. The van der Waals surface area contributed by atoms with Gasteiger partial charge < -0.3 is 15.0 Å². The quantitative estimate of drug-likeness (QED) is 0.866. The number of benzene rings is 1. The lowest BCUT2D eigenvalue weighted by Gasteiger charge is -2.28. The van der Waals surface area contributed by atoms with Gasteiger partial charge in [0.25, 0.3) is 5.56 Å². The summed E-state index contributed by atoms with van der Waals surface area (Å²) in [4.78, 5) is 14.3. The van der Waals surface area contributed by atoms with Crippen molar-refractivity contribution in [3.8, 4) is 5.75 Å². The Hall–Kier alpha value is -1.81. The SMILES string of the molecule is C[C@H]1C[C@@H](Oc2ccc3c(=O)[nH]ccc3c2)CCN1. The fourth-order valence-corrected chi connectivity index (χ4v) is 2.63. The van der Waals surface area contributed by atoms with Gasteiger partial charge in [-0.25, -0.2) is 0 Å². The second kappa shape index (κ2) is 5.05. The molecule has 2 N–H and O–H groups in total. The zero-order valence-corrected chi connectivity index (χ0v) is 11.0. The van der Waals surface area contributed by atoms with Crippen molar-refractivity contribution in [2.45, 2.75) is 31.9 Å². The summed E-state index contributed by atoms with van der Waals surface area (Å²) in [6.45, 7) is 3.18. The number of nitrogens with one attached hydrogen (secondary N) is 2. The molecule has 0 aliphatic carbocycles. The first-order valence-electron chi connectivity index (χ1n) is 6.74. The van der Waals surface area contributed by atoms with Crippen LogP contribution in [0.5, 0.6) is 5.75 Å². The summed E-state index contributed by atoms with van der Waals surface area (Å²) in [5.74, 6) is 0.845. The third kappa shape index (κ3) is 2.63. The zero-order chi connectivity index (χ0) is 13.2. The van der Waals surface area contributed by atoms with Gasteiger partial charge in [0, 0.05) is 17.6 Å². The number of ether oxygens (including phenoxy) is 1. The van der Waals surface area contributed by atoms with E-state index in [9.17, 15) is 4.79 Å². The number of piperidine rings is 1. The molecule has 0 bridgehead atoms. The van der Waals surface area contributed by atoms with Gasteiger partial charge in [-0.05, 0) is 56.0 Å². The standard InChI is InChI=1S/C15H18N2O2/c1-10-8-13(5-7-16-10)19-12-2-3-14-11(9-12)4-6-17-15(14)18/h2-4,6,9-10,13,16H,5,7-8H2,1H3,(H,17,18)/t10-,13-/m0/s1. The van der Waals surface area contributed by atoms with E-state index in [1.54, 1.807) is 6.20 Å². The molecule has 1 fully saturated rings. The van der Waals surface area contributed by atoms with E-state index in [2.05, 4.69) is 17.2 Å². The zero-order valence-electron chi connectivity index (χ0n) is 11.0. The summed E-state index contributed by atoms with van der Waals surface area (Å²) >= 11 is 0. The molecule has 0 unspecified atom stereocenters. The molecule has 2 heterocycles. The van der Waals surface area contributed by atoms with Gasteiger partial charge >= 0.3 is 0 Å². The van der Waals surface area contributed by atoms with Crippen LogP contribution >= 0.6 is 0 Å². The van der Waals surface area contributed by atoms with Crippen LogP contribution in [0.4, 0.5) is 0 Å². The van der Waals surface area contributed by atoms with Gasteiger partial charge in [0.15, 0.2) is 0 Å². The van der Waals surface area contributed by atoms with Crippen molar-refractivity contribution < 1.29 is 4.74 Å². The van der Waals surface area contributed by atoms with E-state index in [0.717, 1.165) is 30.5 Å². The number of rotatable bonds is 2. The smallest absolute Gasteiger partial charge is 0.255 e. The van der Waals surface area contributed by atoms with Gasteiger partial charge in [-0.1, -0.05) is 0 Å². The van der Waals surface area contributed by atoms with Gasteiger partial charge in [-0.2, -0.15) is 0 Å². The highest BCUT2D eigenvalue weighted by molar-refractivity contribution is 5.82. The van der Waals surface area contributed by atoms with Crippen molar-refractivity contribution in [2.75, 3.05) is 6.54 Å². The molecule has 4 nitrogen and oxygen atoms in total. The summed E-state index contributed by atoms with van der Waals surface area (Å²) in [7, 11) is 0. The first kappa shape index (κ1) is 12.2. The van der Waals surface area contributed by atoms with E-state index in [0.29, 0.717) is 11.4 Å². The summed E-state index contributed by atoms with van der Waals surface area (Å²) < 4.78 is 6.02. The van der Waals surface area contributed by atoms with Crippen LogP contribution in [0.15, 0.2) is 35.3 Å². The average Bonchev–Trinajstić information content (AvgIpc) is 2.39. The van der Waals surface area contributed by atoms with Crippen molar-refractivity contribution in [3.63, 3.8) is 0 Å². The molecule has 4 heteroatoms. The Morgan fingerprint density at radius 3 is 3.05 bits per heavy atom. The van der Waals surface area contributed by atoms with E-state index in [-0.39, 0.29) is 11.7 Å². The highest BCUT2D eigenvalue weighted by Gasteiger charge is 2.19. The highest BCUT2D eigenvalue weighted by atomic mass is 16.5. The molecule has 1 saturated heterocycles. The first-order chi connectivity index (χ1) is 9.22. The third-order valence-corrected chi connectivity index (χ3v) is 3.62. The van der Waals surface area contributed by atoms with Crippen LogP contribution in [0.2, 0.25) is 0 Å². The van der Waals surface area contributed by atoms with Gasteiger partial charge in [0.1, 0.15) is 11.9 Å². The Balaban J connectivity index is 1.83. The molecule has 0 spiro atoms. The molecular formula is C15H18N2O2. The van der Waals surface area contributed by atoms with Crippen molar-refractivity contribution in [2.24, 2.45) is 0 Å². The molecule has 19 heavy (non-hydrogen) atoms. The van der Waals surface area contributed by atoms with Gasteiger partial charge in [0.2, 0.25) is 0 Å². The second-order valence-corrected chi connectivity index (χ2v) is 5.18. The maximum Gasteiger partial charge on any atom is 0.255 e. The Labute approximate surface area is 111 Å². The predicted octanol–water partition coefficient (Wildman–Crippen LogP) is 2.05. The van der Waals surface area contributed by atoms with E-state index in [1.165, 1.54) is 0 Å². The molecule has 2 atom stereocenters. The molecule has 1 aromatic heterocycles. The molecule has 3 rings (SSSR count). The van der Waals surface area contributed by atoms with Crippen LogP contribution in [0.3, 0.4) is 0 Å². The molecular weight excluding hydrogens is 240 g/mol. The summed E-state index contributed by atoms with van der Waals surface area (Å²) in [5, 5.41) is 5.03. The van der Waals surface area contributed by atoms with Crippen LogP contribution in [0.1, 0.15) is 19.8 Å². The number of H-pyrrole nitrogens is 1. The molecule has 0 amide bonds. The maximum atomic E-state index is 11.6. The minimum Gasteiger partial charge on any atom is -0.490 e. The molecule has 0 saturated carbocycles. The molecule has 1 aliphatic heterocycles. The number of fused-ring (bicyclic) bond motifs is 1. The topological polar surface area (TPSA) is 54.1 Å². The van der Waals surface area contributed by atoms with Crippen LogP contribution in [-0.2, 0) is 0 Å². The van der Waals surface area contributed by atoms with E-state index < -0.39 is 0 Å². The minimum absolute atomic E-state index is 0.0560. The van der Waals surface area contributed by atoms with Crippen molar-refractivity contribution in [3.05, 3.63) is 40.8 Å². The molecule has 1 aliphatic rings. The Morgan fingerprint density at radius 1 is 1.32 bits per heavy atom. The largest absolute Gasteiger partial charge is 0.490 e. The lowest BCUT2D eigenvalue weighted by Crippen LogP contribution is -2.40. The number of pyridine rings is 1. The average molecular weight is 258 g/mol. The minimum atomic E-state index is -0.0560. The third-order valence-electron chi connectivity index (χ3n) is 3.62. The Morgan fingerprint density at radius 2 is 2.21 bits per heavy atom. The fourth-order valence-electron chi connectivity index (χ4n) is 2.63. The summed E-state index contributed by atoms with van der Waals surface area (Å²) in [6.07, 6.45) is 3.97. The van der Waals surface area contributed by atoms with Gasteiger partial charge in [-0.3, -0.25) is 4.79 Å². The Kier molecular flexibility index (Phi) is 3.25. The van der Waals surface area contributed by atoms with Gasteiger partial charge in [0.05, 0.1) is 0 Å².